The van der Waals surface area contributed by atoms with E-state index in [9.17, 15) is 9.59 Å². The number of imidazole rings is 2. The Morgan fingerprint density at radius 2 is 1.16 bits per heavy atom. The summed E-state index contributed by atoms with van der Waals surface area (Å²) in [6, 6.07) is 27.4. The van der Waals surface area contributed by atoms with Crippen LogP contribution in [0.4, 0.5) is 0 Å². The molecule has 2 saturated heterocycles. The molecule has 2 atom stereocenters. The van der Waals surface area contributed by atoms with Crippen molar-refractivity contribution in [2.45, 2.75) is 70.4 Å². The zero-order chi connectivity index (χ0) is 46.0. The van der Waals surface area contributed by atoms with Crippen molar-refractivity contribution >= 4 is 11.8 Å². The van der Waals surface area contributed by atoms with Crippen LogP contribution in [0.3, 0.4) is 0 Å². The van der Waals surface area contributed by atoms with Crippen LogP contribution >= 0.6 is 0 Å². The van der Waals surface area contributed by atoms with Crippen molar-refractivity contribution in [3.63, 3.8) is 0 Å². The molecule has 2 fully saturated rings. The summed E-state index contributed by atoms with van der Waals surface area (Å²) in [7, 11) is 3.43. The summed E-state index contributed by atoms with van der Waals surface area (Å²) in [5.74, 6) is 5.68. The number of amides is 2. The minimum atomic E-state index is -0.454. The molecule has 4 aliphatic heterocycles. The first-order chi connectivity index (χ1) is 32.8. The number of benzene rings is 4. The fourth-order valence-electron chi connectivity index (χ4n) is 9.83. The number of nitrogens with one attached hydrogen (secondary N) is 2. The van der Waals surface area contributed by atoms with Gasteiger partial charge in [0.15, 0.2) is 0 Å². The van der Waals surface area contributed by atoms with E-state index in [0.29, 0.717) is 77.1 Å². The smallest absolute Gasteiger partial charge is 0.244 e. The maximum absolute atomic E-state index is 14.4. The first-order valence-corrected chi connectivity index (χ1v) is 23.1. The second-order valence-electron chi connectivity index (χ2n) is 17.8. The second kappa shape index (κ2) is 19.2. The van der Waals surface area contributed by atoms with E-state index in [-0.39, 0.29) is 30.6 Å². The fraction of sp³-hybridized carbons (Fsp3) is 0.358. The molecule has 2 N–H and O–H groups in total. The van der Waals surface area contributed by atoms with Gasteiger partial charge in [-0.3, -0.25) is 19.4 Å². The van der Waals surface area contributed by atoms with Crippen molar-refractivity contribution in [3.05, 3.63) is 131 Å². The van der Waals surface area contributed by atoms with E-state index in [1.54, 1.807) is 25.3 Å². The highest BCUT2D eigenvalue weighted by atomic mass is 16.5. The molecule has 2 amide bonds. The van der Waals surface area contributed by atoms with E-state index in [0.717, 1.165) is 73.8 Å². The summed E-state index contributed by atoms with van der Waals surface area (Å²) in [5, 5.41) is 0. The van der Waals surface area contributed by atoms with Crippen LogP contribution in [-0.4, -0.2) is 117 Å². The second-order valence-corrected chi connectivity index (χ2v) is 17.8. The van der Waals surface area contributed by atoms with Crippen molar-refractivity contribution in [2.75, 3.05) is 53.5 Å². The number of terminal acetylenes is 1. The standard InChI is InChI=1S/C53H56N8O6/c1-5-7-19-59(53(63)51(35-16-12-9-13-17-35)61-28-41(29-61)65-4)31-47-55-25-43(57-47)37-21-39-33-66-44-22-36(20-38-32-67-45(23-37)49(39)48(38)44)42-24-54-46(56-42)30-58(18-6-2)52(62)50(34-14-10-8-11-15-34)60-26-40(27-60)64-3/h1,8-17,20-25,40-41,50-51H,6-7,18-19,26-33H2,2-4H3,(H,54,56)(H,55,57). The number of H-pyrrole nitrogens is 2. The number of methoxy groups -OCH3 is 2. The highest BCUT2D eigenvalue weighted by Gasteiger charge is 2.41. The van der Waals surface area contributed by atoms with Crippen LogP contribution in [0.2, 0.25) is 0 Å². The van der Waals surface area contributed by atoms with Gasteiger partial charge in [-0.15, -0.1) is 12.3 Å². The number of hydrogen-bond acceptors (Lipinski definition) is 10. The molecule has 344 valence electrons. The molecule has 0 aliphatic carbocycles. The van der Waals surface area contributed by atoms with Crippen LogP contribution in [0.15, 0.2) is 97.3 Å². The Balaban J connectivity index is 0.858. The number of carbonyl (C=O) groups is 2. The third-order valence-electron chi connectivity index (χ3n) is 13.4. The third-order valence-corrected chi connectivity index (χ3v) is 13.4. The molecule has 4 aromatic carbocycles. The molecule has 10 rings (SSSR count). The van der Waals surface area contributed by atoms with Gasteiger partial charge in [-0.25, -0.2) is 9.97 Å². The zero-order valence-electron chi connectivity index (χ0n) is 38.2. The van der Waals surface area contributed by atoms with Crippen LogP contribution in [-0.2, 0) is 45.4 Å². The maximum atomic E-state index is 14.4. The Morgan fingerprint density at radius 1 is 0.716 bits per heavy atom. The largest absolute Gasteiger partial charge is 0.488 e. The Hall–Kier alpha value is -6.76. The first-order valence-electron chi connectivity index (χ1n) is 23.1. The number of ether oxygens (including phenoxy) is 4. The van der Waals surface area contributed by atoms with Crippen molar-refractivity contribution < 1.29 is 28.5 Å². The van der Waals surface area contributed by atoms with Crippen LogP contribution in [0.1, 0.15) is 65.8 Å². The van der Waals surface area contributed by atoms with Gasteiger partial charge in [0.25, 0.3) is 0 Å². The lowest BCUT2D eigenvalue weighted by Gasteiger charge is -2.44. The van der Waals surface area contributed by atoms with E-state index < -0.39 is 12.1 Å². The minimum absolute atomic E-state index is 0.0229. The van der Waals surface area contributed by atoms with Gasteiger partial charge in [-0.05, 0) is 41.8 Å². The van der Waals surface area contributed by atoms with E-state index >= 15 is 0 Å². The summed E-state index contributed by atoms with van der Waals surface area (Å²) < 4.78 is 24.1. The number of likely N-dealkylation sites (tertiary alicyclic amines) is 2. The number of rotatable bonds is 18. The molecule has 4 aliphatic rings. The van der Waals surface area contributed by atoms with Crippen molar-refractivity contribution in [1.82, 2.24) is 39.5 Å². The van der Waals surface area contributed by atoms with Gasteiger partial charge in [0.2, 0.25) is 11.8 Å². The normalized spacial score (nSPS) is 16.4. The van der Waals surface area contributed by atoms with E-state index in [2.05, 4.69) is 56.9 Å². The maximum Gasteiger partial charge on any atom is 0.244 e. The average molecular weight is 901 g/mol. The molecule has 6 heterocycles. The number of carbonyl (C=O) groups excluding carboxylic acids is 2. The third kappa shape index (κ3) is 8.83. The average Bonchev–Trinajstić information content (AvgIpc) is 4.01. The van der Waals surface area contributed by atoms with Crippen LogP contribution < -0.4 is 9.47 Å². The predicted octanol–water partition coefficient (Wildman–Crippen LogP) is 7.15. The Morgan fingerprint density at radius 3 is 1.58 bits per heavy atom. The Bertz CT molecular complexity index is 2720. The summed E-state index contributed by atoms with van der Waals surface area (Å²) in [6.07, 6.45) is 10.8. The monoisotopic (exact) mass is 900 g/mol. The molecule has 2 aromatic heterocycles. The van der Waals surface area contributed by atoms with Gasteiger partial charge >= 0.3 is 0 Å². The molecule has 6 aromatic rings. The van der Waals surface area contributed by atoms with Gasteiger partial charge in [0, 0.05) is 93.3 Å². The summed E-state index contributed by atoms with van der Waals surface area (Å²) >= 11 is 0. The molecular weight excluding hydrogens is 845 g/mol. The highest BCUT2D eigenvalue weighted by Crippen LogP contribution is 2.51. The Labute approximate surface area is 391 Å². The molecule has 2 unspecified atom stereocenters. The van der Waals surface area contributed by atoms with Crippen LogP contribution in [0.25, 0.3) is 33.6 Å². The lowest BCUT2D eigenvalue weighted by Crippen LogP contribution is -2.56. The number of aromatic amines is 2. The van der Waals surface area contributed by atoms with Gasteiger partial charge in [-0.2, -0.15) is 0 Å². The van der Waals surface area contributed by atoms with E-state index in [1.165, 1.54) is 0 Å². The number of hydrogen-bond donors (Lipinski definition) is 2. The number of aromatic nitrogens is 4. The van der Waals surface area contributed by atoms with Crippen LogP contribution in [0, 0.1) is 12.3 Å². The number of nitrogens with zero attached hydrogens (tertiary/aromatic N) is 6. The molecule has 67 heavy (non-hydrogen) atoms. The Kier molecular flexibility index (Phi) is 12.7. The topological polar surface area (TPSA) is 141 Å². The molecular formula is C53H56N8O6. The fourth-order valence-corrected chi connectivity index (χ4v) is 9.83. The molecule has 0 spiro atoms. The van der Waals surface area contributed by atoms with Crippen molar-refractivity contribution in [1.29, 1.82) is 0 Å². The molecule has 14 nitrogen and oxygen atoms in total. The van der Waals surface area contributed by atoms with E-state index in [1.807, 2.05) is 71.8 Å². The lowest BCUT2D eigenvalue weighted by molar-refractivity contribution is -0.145. The van der Waals surface area contributed by atoms with Gasteiger partial charge in [-0.1, -0.05) is 67.6 Å². The highest BCUT2D eigenvalue weighted by molar-refractivity contribution is 5.89. The van der Waals surface area contributed by atoms with Gasteiger partial charge in [0.05, 0.1) is 49.1 Å². The summed E-state index contributed by atoms with van der Waals surface area (Å²) in [5.41, 5.74) is 9.50. The molecule has 0 bridgehead atoms. The van der Waals surface area contributed by atoms with Gasteiger partial charge in [0.1, 0.15) is 48.4 Å². The molecule has 14 heteroatoms. The minimum Gasteiger partial charge on any atom is -0.488 e. The van der Waals surface area contributed by atoms with Crippen LogP contribution in [0.5, 0.6) is 11.5 Å². The predicted molar refractivity (Wildman–Crippen MR) is 253 cm³/mol. The quantitative estimate of drug-likeness (QED) is 0.0855. The molecule has 0 radical (unpaired) electrons. The first kappa shape index (κ1) is 44.1. The summed E-state index contributed by atoms with van der Waals surface area (Å²) in [6.45, 7) is 7.23. The van der Waals surface area contributed by atoms with E-state index in [4.69, 9.17) is 35.3 Å². The van der Waals surface area contributed by atoms with Crippen molar-refractivity contribution in [2.24, 2.45) is 0 Å². The SMILES string of the molecule is C#CCCN(Cc1ncc(-c2cc3c4c(c2)OCc2cc(-c5cnc(CN(CCC)C(=O)C(c6ccccc6)N6CC(OC)C6)[nH]5)cc(c2-4)OC3)[nH]1)C(=O)C(c1ccccc1)N1CC(OC)C1. The lowest BCUT2D eigenvalue weighted by atomic mass is 9.87. The molecule has 0 saturated carbocycles. The summed E-state index contributed by atoms with van der Waals surface area (Å²) in [4.78, 5) is 53.3. The zero-order valence-corrected chi connectivity index (χ0v) is 38.2. The van der Waals surface area contributed by atoms with Gasteiger partial charge < -0.3 is 38.7 Å². The van der Waals surface area contributed by atoms with Crippen molar-refractivity contribution in [3.8, 4) is 57.5 Å².